The summed E-state index contributed by atoms with van der Waals surface area (Å²) in [6, 6.07) is 4.14. The maximum absolute atomic E-state index is 13.7. The number of methoxy groups -OCH3 is 1. The van der Waals surface area contributed by atoms with Gasteiger partial charge < -0.3 is 19.4 Å². The number of carbonyl (C=O) groups is 3. The molecule has 0 saturated heterocycles. The average molecular weight is 598 g/mol. The van der Waals surface area contributed by atoms with Gasteiger partial charge in [0.25, 0.3) is 5.91 Å². The molecular formula is C25H28FN3O7S3. The summed E-state index contributed by atoms with van der Waals surface area (Å²) in [6.07, 6.45) is 3.32. The largest absolute Gasteiger partial charge is 0.462 e. The van der Waals surface area contributed by atoms with Crippen LogP contribution in [0.2, 0.25) is 0 Å². The van der Waals surface area contributed by atoms with Gasteiger partial charge >= 0.3 is 5.97 Å². The molecule has 0 radical (unpaired) electrons. The van der Waals surface area contributed by atoms with Crippen molar-refractivity contribution in [3.63, 3.8) is 0 Å². The fourth-order valence-corrected chi connectivity index (χ4v) is 7.75. The number of hydrogen-bond donors (Lipinski definition) is 1. The van der Waals surface area contributed by atoms with Gasteiger partial charge in [-0.25, -0.2) is 17.6 Å². The van der Waals surface area contributed by atoms with Crippen molar-refractivity contribution >= 4 is 65.5 Å². The molecule has 1 aromatic carbocycles. The van der Waals surface area contributed by atoms with Crippen molar-refractivity contribution in [3.05, 3.63) is 44.8 Å². The Morgan fingerprint density at radius 3 is 2.67 bits per heavy atom. The van der Waals surface area contributed by atoms with E-state index >= 15 is 0 Å². The number of aryl methyl sites for hydroxylation is 1. The minimum absolute atomic E-state index is 0.164. The van der Waals surface area contributed by atoms with Crippen LogP contribution in [0.5, 0.6) is 0 Å². The second-order valence-electron chi connectivity index (χ2n) is 8.86. The number of thiazole rings is 1. The lowest BCUT2D eigenvalue weighted by atomic mass is 9.95. The molecule has 0 fully saturated rings. The fourth-order valence-electron chi connectivity index (χ4n) is 4.34. The van der Waals surface area contributed by atoms with Crippen LogP contribution in [0.25, 0.3) is 10.2 Å². The highest BCUT2D eigenvalue weighted by molar-refractivity contribution is 7.92. The van der Waals surface area contributed by atoms with Crippen molar-refractivity contribution in [2.75, 3.05) is 37.1 Å². The molecule has 0 aliphatic heterocycles. The molecule has 0 atom stereocenters. The molecule has 2 aromatic heterocycles. The molecule has 0 saturated carbocycles. The first-order valence-electron chi connectivity index (χ1n) is 12.3. The van der Waals surface area contributed by atoms with Crippen molar-refractivity contribution in [1.29, 1.82) is 0 Å². The molecule has 14 heteroatoms. The van der Waals surface area contributed by atoms with Crippen molar-refractivity contribution < 1.29 is 36.7 Å². The first kappa shape index (κ1) is 29.1. The zero-order valence-corrected chi connectivity index (χ0v) is 23.9. The minimum Gasteiger partial charge on any atom is -0.462 e. The Labute approximate surface area is 232 Å². The normalized spacial score (nSPS) is 13.9. The maximum atomic E-state index is 13.7. The number of nitrogens with zero attached hydrogens (tertiary/aromatic N) is 2. The predicted molar refractivity (Wildman–Crippen MR) is 146 cm³/mol. The third-order valence-electron chi connectivity index (χ3n) is 5.98. The first-order chi connectivity index (χ1) is 18.6. The number of sulfone groups is 1. The Bertz CT molecular complexity index is 1590. The number of esters is 1. The van der Waals surface area contributed by atoms with Crippen LogP contribution in [-0.4, -0.2) is 62.6 Å². The monoisotopic (exact) mass is 597 g/mol. The average Bonchev–Trinajstić information content (AvgIpc) is 3.38. The summed E-state index contributed by atoms with van der Waals surface area (Å²) in [5, 5.41) is 2.81. The lowest BCUT2D eigenvalue weighted by molar-refractivity contribution is -0.115. The number of rotatable bonds is 10. The number of hydrogen-bond acceptors (Lipinski definition) is 9. The highest BCUT2D eigenvalue weighted by atomic mass is 32.2. The molecule has 3 aromatic rings. The summed E-state index contributed by atoms with van der Waals surface area (Å²) in [5.41, 5.74) is 1.74. The summed E-state index contributed by atoms with van der Waals surface area (Å²) < 4.78 is 51.6. The highest BCUT2D eigenvalue weighted by Gasteiger charge is 2.28. The highest BCUT2D eigenvalue weighted by Crippen LogP contribution is 2.38. The summed E-state index contributed by atoms with van der Waals surface area (Å²) in [7, 11) is -2.68. The molecule has 0 spiro atoms. The lowest BCUT2D eigenvalue weighted by Gasteiger charge is -2.12. The number of thiophene rings is 1. The molecule has 1 N–H and O–H groups in total. The van der Waals surface area contributed by atoms with Crippen LogP contribution in [0.1, 0.15) is 40.6 Å². The molecule has 1 aliphatic rings. The Morgan fingerprint density at radius 1 is 1.15 bits per heavy atom. The molecule has 0 unspecified atom stereocenters. The number of halogens is 1. The zero-order chi connectivity index (χ0) is 28.2. The first-order valence-corrected chi connectivity index (χ1v) is 15.7. The van der Waals surface area contributed by atoms with E-state index in [-0.39, 0.29) is 22.0 Å². The molecule has 10 nitrogen and oxygen atoms in total. The van der Waals surface area contributed by atoms with Crippen molar-refractivity contribution in [2.24, 2.45) is 4.99 Å². The van der Waals surface area contributed by atoms with Gasteiger partial charge in [-0.15, -0.1) is 11.3 Å². The van der Waals surface area contributed by atoms with Gasteiger partial charge in [-0.3, -0.25) is 9.59 Å². The number of aromatic nitrogens is 1. The van der Waals surface area contributed by atoms with E-state index in [1.165, 1.54) is 30.6 Å². The molecule has 0 bridgehead atoms. The lowest BCUT2D eigenvalue weighted by Crippen LogP contribution is -2.28. The number of nitrogens with one attached hydrogen (secondary N) is 1. The van der Waals surface area contributed by atoms with Crippen molar-refractivity contribution in [1.82, 2.24) is 4.57 Å². The van der Waals surface area contributed by atoms with Gasteiger partial charge in [-0.2, -0.15) is 4.99 Å². The molecule has 210 valence electrons. The SMILES string of the molecule is CCOC(=O)c1c(NC(=O)CS(=O)(=O)CC(=O)N=c2sc3cc(F)ccc3n2CCOC)sc2c1CCCC2. The van der Waals surface area contributed by atoms with Gasteiger partial charge in [0.15, 0.2) is 14.6 Å². The van der Waals surface area contributed by atoms with Gasteiger partial charge in [0.1, 0.15) is 22.3 Å². The number of amides is 2. The third-order valence-corrected chi connectivity index (χ3v) is 9.62. The van der Waals surface area contributed by atoms with Gasteiger partial charge in [-0.05, 0) is 56.4 Å². The fraction of sp³-hybridized carbons (Fsp3) is 0.440. The number of carbonyl (C=O) groups excluding carboxylic acids is 3. The summed E-state index contributed by atoms with van der Waals surface area (Å²) in [6.45, 7) is 2.46. The summed E-state index contributed by atoms with van der Waals surface area (Å²) in [5.74, 6) is -4.78. The Hall–Kier alpha value is -2.94. The van der Waals surface area contributed by atoms with E-state index in [4.69, 9.17) is 9.47 Å². The molecular weight excluding hydrogens is 569 g/mol. The number of anilines is 1. The van der Waals surface area contributed by atoms with E-state index in [1.807, 2.05) is 0 Å². The number of fused-ring (bicyclic) bond motifs is 2. The summed E-state index contributed by atoms with van der Waals surface area (Å²) >= 11 is 2.29. The standard InChI is InChI=1S/C25H28FN3O7S3/c1-3-36-24(32)22-16-6-4-5-7-18(16)37-23(22)27-20(30)13-39(33,34)14-21(31)28-25-29(10-11-35-2)17-9-8-15(26)12-19(17)38-25/h8-9,12H,3-7,10-11,13-14H2,1-2H3,(H,27,30). The van der Waals surface area contributed by atoms with Crippen molar-refractivity contribution in [3.8, 4) is 0 Å². The van der Waals surface area contributed by atoms with E-state index in [1.54, 1.807) is 17.6 Å². The third kappa shape index (κ3) is 6.99. The zero-order valence-electron chi connectivity index (χ0n) is 21.5. The molecule has 1 aliphatic carbocycles. The Kier molecular flexibility index (Phi) is 9.31. The second kappa shape index (κ2) is 12.5. The van der Waals surface area contributed by atoms with Crippen LogP contribution in [-0.2, 0) is 48.3 Å². The van der Waals surface area contributed by atoms with Crippen LogP contribution in [0.4, 0.5) is 9.39 Å². The van der Waals surface area contributed by atoms with Crippen LogP contribution < -0.4 is 10.1 Å². The maximum Gasteiger partial charge on any atom is 0.341 e. The van der Waals surface area contributed by atoms with E-state index < -0.39 is 44.9 Å². The van der Waals surface area contributed by atoms with Crippen molar-refractivity contribution in [2.45, 2.75) is 39.2 Å². The van der Waals surface area contributed by atoms with E-state index in [9.17, 15) is 27.2 Å². The number of benzene rings is 1. The number of ether oxygens (including phenoxy) is 2. The second-order valence-corrected chi connectivity index (χ2v) is 13.0. The molecule has 4 rings (SSSR count). The van der Waals surface area contributed by atoms with E-state index in [2.05, 4.69) is 10.3 Å². The van der Waals surface area contributed by atoms with Crippen LogP contribution in [0.3, 0.4) is 0 Å². The Morgan fingerprint density at radius 2 is 1.92 bits per heavy atom. The predicted octanol–water partition coefficient (Wildman–Crippen LogP) is 3.09. The van der Waals surface area contributed by atoms with Gasteiger partial charge in [0, 0.05) is 18.5 Å². The van der Waals surface area contributed by atoms with E-state index in [0.29, 0.717) is 29.8 Å². The van der Waals surface area contributed by atoms with E-state index in [0.717, 1.165) is 41.0 Å². The molecule has 39 heavy (non-hydrogen) atoms. The summed E-state index contributed by atoms with van der Waals surface area (Å²) in [4.78, 5) is 43.1. The smallest absolute Gasteiger partial charge is 0.341 e. The molecule has 2 heterocycles. The van der Waals surface area contributed by atoms with Gasteiger partial charge in [0.2, 0.25) is 5.91 Å². The quantitative estimate of drug-likeness (QED) is 0.355. The topological polar surface area (TPSA) is 133 Å². The van der Waals surface area contributed by atoms with Gasteiger partial charge in [0.05, 0.1) is 29.0 Å². The van der Waals surface area contributed by atoms with Gasteiger partial charge in [-0.1, -0.05) is 11.3 Å². The van der Waals surface area contributed by atoms with Crippen LogP contribution in [0.15, 0.2) is 23.2 Å². The Balaban J connectivity index is 1.51. The van der Waals surface area contributed by atoms with Crippen LogP contribution >= 0.6 is 22.7 Å². The van der Waals surface area contributed by atoms with Crippen LogP contribution in [0, 0.1) is 5.82 Å². The molecule has 2 amide bonds. The minimum atomic E-state index is -4.19.